The summed E-state index contributed by atoms with van der Waals surface area (Å²) in [4.78, 5) is 12.3. The van der Waals surface area contributed by atoms with E-state index in [0.29, 0.717) is 36.6 Å². The van der Waals surface area contributed by atoms with Crippen molar-refractivity contribution in [1.29, 1.82) is 0 Å². The molecule has 2 aromatic carbocycles. The molecular formula is C21H23N3O3. The molecule has 1 N–H and O–H groups in total. The number of ether oxygens (including phenoxy) is 2. The minimum absolute atomic E-state index is 0.130. The van der Waals surface area contributed by atoms with Gasteiger partial charge in [0.05, 0.1) is 32.5 Å². The molecule has 1 heterocycles. The van der Waals surface area contributed by atoms with Gasteiger partial charge in [0.1, 0.15) is 0 Å². The second-order valence-corrected chi connectivity index (χ2v) is 6.11. The van der Waals surface area contributed by atoms with Crippen LogP contribution in [0.25, 0.3) is 0 Å². The van der Waals surface area contributed by atoms with Crippen molar-refractivity contribution >= 4 is 5.91 Å². The average molecular weight is 365 g/mol. The van der Waals surface area contributed by atoms with E-state index in [4.69, 9.17) is 9.47 Å². The first-order chi connectivity index (χ1) is 13.2. The maximum absolute atomic E-state index is 12.3. The number of nitrogens with zero attached hydrogens (tertiary/aromatic N) is 2. The van der Waals surface area contributed by atoms with Crippen molar-refractivity contribution in [1.82, 2.24) is 15.1 Å². The van der Waals surface area contributed by atoms with Gasteiger partial charge in [-0.15, -0.1) is 0 Å². The van der Waals surface area contributed by atoms with Crippen LogP contribution in [-0.4, -0.2) is 36.5 Å². The Balaban J connectivity index is 1.52. The summed E-state index contributed by atoms with van der Waals surface area (Å²) >= 11 is 0. The first-order valence-corrected chi connectivity index (χ1v) is 8.75. The molecule has 0 spiro atoms. The Hall–Kier alpha value is -3.28. The molecular weight excluding hydrogens is 342 g/mol. The summed E-state index contributed by atoms with van der Waals surface area (Å²) in [5, 5.41) is 7.19. The Morgan fingerprint density at radius 3 is 2.56 bits per heavy atom. The van der Waals surface area contributed by atoms with Gasteiger partial charge in [0, 0.05) is 12.7 Å². The number of carbonyl (C=O) groups is 1. The second-order valence-electron chi connectivity index (χ2n) is 6.11. The SMILES string of the molecule is COc1ccc(CCNC(=O)c2cnn(Cc3ccccc3)c2)cc1OC. The number of nitrogens with one attached hydrogen (secondary N) is 1. The smallest absolute Gasteiger partial charge is 0.254 e. The fraction of sp³-hybridized carbons (Fsp3) is 0.238. The molecule has 6 heteroatoms. The normalized spacial score (nSPS) is 10.4. The molecule has 0 fully saturated rings. The predicted molar refractivity (Wildman–Crippen MR) is 103 cm³/mol. The third-order valence-electron chi connectivity index (χ3n) is 4.23. The Morgan fingerprint density at radius 2 is 1.81 bits per heavy atom. The molecule has 0 saturated carbocycles. The van der Waals surface area contributed by atoms with E-state index < -0.39 is 0 Å². The van der Waals surface area contributed by atoms with Gasteiger partial charge < -0.3 is 14.8 Å². The van der Waals surface area contributed by atoms with Gasteiger partial charge in [-0.25, -0.2) is 0 Å². The van der Waals surface area contributed by atoms with Crippen LogP contribution in [-0.2, 0) is 13.0 Å². The van der Waals surface area contributed by atoms with Crippen molar-refractivity contribution in [2.75, 3.05) is 20.8 Å². The number of methoxy groups -OCH3 is 2. The maximum Gasteiger partial charge on any atom is 0.254 e. The van der Waals surface area contributed by atoms with E-state index in [2.05, 4.69) is 10.4 Å². The highest BCUT2D eigenvalue weighted by Gasteiger charge is 2.09. The van der Waals surface area contributed by atoms with Crippen molar-refractivity contribution in [2.45, 2.75) is 13.0 Å². The van der Waals surface area contributed by atoms with E-state index in [-0.39, 0.29) is 5.91 Å². The molecule has 0 radical (unpaired) electrons. The molecule has 0 aliphatic rings. The molecule has 140 valence electrons. The van der Waals surface area contributed by atoms with Crippen LogP contribution in [0, 0.1) is 0 Å². The van der Waals surface area contributed by atoms with Gasteiger partial charge in [-0.2, -0.15) is 5.10 Å². The zero-order valence-corrected chi connectivity index (χ0v) is 15.5. The molecule has 27 heavy (non-hydrogen) atoms. The lowest BCUT2D eigenvalue weighted by Gasteiger charge is -2.10. The number of amides is 1. The monoisotopic (exact) mass is 365 g/mol. The number of rotatable bonds is 8. The van der Waals surface area contributed by atoms with Crippen molar-refractivity contribution in [3.05, 3.63) is 77.6 Å². The van der Waals surface area contributed by atoms with E-state index in [1.807, 2.05) is 48.5 Å². The van der Waals surface area contributed by atoms with Crippen LogP contribution in [0.1, 0.15) is 21.5 Å². The highest BCUT2D eigenvalue weighted by atomic mass is 16.5. The van der Waals surface area contributed by atoms with Crippen LogP contribution >= 0.6 is 0 Å². The van der Waals surface area contributed by atoms with Gasteiger partial charge in [0.15, 0.2) is 11.5 Å². The zero-order chi connectivity index (χ0) is 19.1. The molecule has 3 rings (SSSR count). The summed E-state index contributed by atoms with van der Waals surface area (Å²) in [6, 6.07) is 15.8. The van der Waals surface area contributed by atoms with Crippen molar-refractivity contribution in [3.8, 4) is 11.5 Å². The number of hydrogen-bond acceptors (Lipinski definition) is 4. The lowest BCUT2D eigenvalue weighted by molar-refractivity contribution is 0.0954. The van der Waals surface area contributed by atoms with Crippen LogP contribution in [0.2, 0.25) is 0 Å². The van der Waals surface area contributed by atoms with Gasteiger partial charge in [-0.05, 0) is 29.7 Å². The van der Waals surface area contributed by atoms with Crippen molar-refractivity contribution < 1.29 is 14.3 Å². The third-order valence-corrected chi connectivity index (χ3v) is 4.23. The molecule has 0 aliphatic carbocycles. The minimum Gasteiger partial charge on any atom is -0.493 e. The number of hydrogen-bond donors (Lipinski definition) is 1. The van der Waals surface area contributed by atoms with E-state index in [9.17, 15) is 4.79 Å². The lowest BCUT2D eigenvalue weighted by Crippen LogP contribution is -2.25. The number of carbonyl (C=O) groups excluding carboxylic acids is 1. The van der Waals surface area contributed by atoms with Crippen molar-refractivity contribution in [3.63, 3.8) is 0 Å². The standard InChI is InChI=1S/C21H23N3O3/c1-26-19-9-8-16(12-20(19)27-2)10-11-22-21(25)18-13-23-24(15-18)14-17-6-4-3-5-7-17/h3-9,12-13,15H,10-11,14H2,1-2H3,(H,22,25). The zero-order valence-electron chi connectivity index (χ0n) is 15.5. The molecule has 0 aliphatic heterocycles. The fourth-order valence-electron chi connectivity index (χ4n) is 2.80. The first-order valence-electron chi connectivity index (χ1n) is 8.75. The molecule has 0 unspecified atom stereocenters. The van der Waals surface area contributed by atoms with E-state index >= 15 is 0 Å². The Bertz CT molecular complexity index is 891. The average Bonchev–Trinajstić information content (AvgIpc) is 3.17. The third kappa shape index (κ3) is 4.88. The summed E-state index contributed by atoms with van der Waals surface area (Å²) < 4.78 is 12.3. The van der Waals surface area contributed by atoms with E-state index in [0.717, 1.165) is 11.1 Å². The molecule has 0 atom stereocenters. The van der Waals surface area contributed by atoms with Crippen molar-refractivity contribution in [2.24, 2.45) is 0 Å². The highest BCUT2D eigenvalue weighted by Crippen LogP contribution is 2.27. The lowest BCUT2D eigenvalue weighted by atomic mass is 10.1. The largest absolute Gasteiger partial charge is 0.493 e. The quantitative estimate of drug-likeness (QED) is 0.667. The van der Waals surface area contributed by atoms with E-state index in [1.165, 1.54) is 0 Å². The summed E-state index contributed by atoms with van der Waals surface area (Å²) in [7, 11) is 3.21. The molecule has 1 amide bonds. The number of benzene rings is 2. The van der Waals surface area contributed by atoms with Gasteiger partial charge in [0.25, 0.3) is 5.91 Å². The molecule has 0 bridgehead atoms. The fourth-order valence-corrected chi connectivity index (χ4v) is 2.80. The summed E-state index contributed by atoms with van der Waals surface area (Å²) in [6.07, 6.45) is 4.05. The summed E-state index contributed by atoms with van der Waals surface area (Å²) in [5.41, 5.74) is 2.76. The highest BCUT2D eigenvalue weighted by molar-refractivity contribution is 5.93. The molecule has 1 aromatic heterocycles. The number of aromatic nitrogens is 2. The molecule has 6 nitrogen and oxygen atoms in total. The Morgan fingerprint density at radius 1 is 1.04 bits per heavy atom. The van der Waals surface area contributed by atoms with Crippen LogP contribution in [0.4, 0.5) is 0 Å². The molecule has 3 aromatic rings. The summed E-state index contributed by atoms with van der Waals surface area (Å²) in [6.45, 7) is 1.16. The van der Waals surface area contributed by atoms with Gasteiger partial charge in [-0.1, -0.05) is 36.4 Å². The van der Waals surface area contributed by atoms with Crippen LogP contribution < -0.4 is 14.8 Å². The van der Waals surface area contributed by atoms with Crippen LogP contribution in [0.3, 0.4) is 0 Å². The van der Waals surface area contributed by atoms with Gasteiger partial charge in [0.2, 0.25) is 0 Å². The second kappa shape index (κ2) is 8.89. The van der Waals surface area contributed by atoms with Crippen LogP contribution in [0.5, 0.6) is 11.5 Å². The minimum atomic E-state index is -0.130. The topological polar surface area (TPSA) is 65.4 Å². The predicted octanol–water partition coefficient (Wildman–Crippen LogP) is 2.92. The van der Waals surface area contributed by atoms with E-state index in [1.54, 1.807) is 31.3 Å². The Kier molecular flexibility index (Phi) is 6.10. The first kappa shape index (κ1) is 18.5. The maximum atomic E-state index is 12.3. The summed E-state index contributed by atoms with van der Waals surface area (Å²) in [5.74, 6) is 1.24. The van der Waals surface area contributed by atoms with Gasteiger partial charge >= 0.3 is 0 Å². The van der Waals surface area contributed by atoms with Crippen LogP contribution in [0.15, 0.2) is 60.9 Å². The van der Waals surface area contributed by atoms with Gasteiger partial charge in [-0.3, -0.25) is 9.48 Å². The molecule has 0 saturated heterocycles. The Labute approximate surface area is 158 Å².